The topological polar surface area (TPSA) is 68.8 Å². The van der Waals surface area contributed by atoms with Gasteiger partial charge < -0.3 is 9.47 Å². The normalized spacial score (nSPS) is 16.2. The lowest BCUT2D eigenvalue weighted by atomic mass is 10.1. The molecule has 32 heavy (non-hydrogen) atoms. The number of benzene rings is 1. The van der Waals surface area contributed by atoms with Crippen LogP contribution in [0.3, 0.4) is 0 Å². The molecule has 0 N–H and O–H groups in total. The summed E-state index contributed by atoms with van der Waals surface area (Å²) in [4.78, 5) is 28.9. The van der Waals surface area contributed by atoms with Gasteiger partial charge in [0.15, 0.2) is 0 Å². The van der Waals surface area contributed by atoms with Crippen LogP contribution in [0, 0.1) is 13.8 Å². The molecule has 3 aromatic heterocycles. The third kappa shape index (κ3) is 3.79. The molecular weight excluding hydrogens is 400 g/mol. The van der Waals surface area contributed by atoms with Crippen molar-refractivity contribution in [1.29, 1.82) is 0 Å². The lowest BCUT2D eigenvalue weighted by Gasteiger charge is -2.25. The van der Waals surface area contributed by atoms with Gasteiger partial charge in [0.25, 0.3) is 0 Å². The number of carbonyl (C=O) groups is 1. The maximum atomic E-state index is 13.1. The largest absolute Gasteiger partial charge is 0.334 e. The Balaban J connectivity index is 1.27. The third-order valence-corrected chi connectivity index (χ3v) is 6.36. The summed E-state index contributed by atoms with van der Waals surface area (Å²) in [6, 6.07) is 14.2. The Morgan fingerprint density at radius 3 is 2.78 bits per heavy atom. The number of para-hydroxylation sites is 2. The molecule has 0 aliphatic carbocycles. The molecule has 0 radical (unpaired) electrons. The van der Waals surface area contributed by atoms with Gasteiger partial charge in [0.1, 0.15) is 17.5 Å². The zero-order chi connectivity index (χ0) is 22.1. The van der Waals surface area contributed by atoms with Crippen molar-refractivity contribution < 1.29 is 4.79 Å². The number of hydrogen-bond acceptors (Lipinski definition) is 4. The van der Waals surface area contributed by atoms with Gasteiger partial charge in [-0.05, 0) is 57.4 Å². The van der Waals surface area contributed by atoms with E-state index in [0.717, 1.165) is 66.5 Å². The Bertz CT molecular complexity index is 1260. The number of amides is 1. The second-order valence-corrected chi connectivity index (χ2v) is 8.41. The highest BCUT2D eigenvalue weighted by Gasteiger charge is 2.30. The molecule has 1 atom stereocenters. The number of imidazole rings is 2. The minimum Gasteiger partial charge on any atom is -0.334 e. The fourth-order valence-corrected chi connectivity index (χ4v) is 4.76. The molecule has 1 aliphatic rings. The molecule has 1 fully saturated rings. The highest BCUT2D eigenvalue weighted by Crippen LogP contribution is 2.32. The lowest BCUT2D eigenvalue weighted by Crippen LogP contribution is -2.31. The molecule has 0 unspecified atom stereocenters. The van der Waals surface area contributed by atoms with Crippen LogP contribution >= 0.6 is 0 Å². The second-order valence-electron chi connectivity index (χ2n) is 8.41. The minimum absolute atomic E-state index is 0.0436. The fraction of sp³-hybridized carbons (Fsp3) is 0.360. The zero-order valence-corrected chi connectivity index (χ0v) is 18.6. The number of rotatable bonds is 6. The van der Waals surface area contributed by atoms with Gasteiger partial charge >= 0.3 is 0 Å². The average Bonchev–Trinajstić information content (AvgIpc) is 3.53. The van der Waals surface area contributed by atoms with Crippen LogP contribution < -0.4 is 0 Å². The van der Waals surface area contributed by atoms with Crippen LogP contribution in [-0.2, 0) is 11.3 Å². The summed E-state index contributed by atoms with van der Waals surface area (Å²) in [7, 11) is 0. The average molecular weight is 429 g/mol. The van der Waals surface area contributed by atoms with Gasteiger partial charge in [-0.1, -0.05) is 18.2 Å². The molecule has 5 rings (SSSR count). The Morgan fingerprint density at radius 1 is 1.06 bits per heavy atom. The summed E-state index contributed by atoms with van der Waals surface area (Å²) in [5, 5.41) is 0. The van der Waals surface area contributed by atoms with Gasteiger partial charge in [-0.3, -0.25) is 9.36 Å². The first-order chi connectivity index (χ1) is 15.6. The van der Waals surface area contributed by atoms with Crippen molar-refractivity contribution in [2.75, 3.05) is 6.54 Å². The van der Waals surface area contributed by atoms with Crippen molar-refractivity contribution in [3.8, 4) is 5.82 Å². The first-order valence-corrected chi connectivity index (χ1v) is 11.3. The number of aromatic nitrogens is 5. The predicted molar refractivity (Wildman–Crippen MR) is 123 cm³/mol. The molecule has 0 bridgehead atoms. The van der Waals surface area contributed by atoms with Crippen LogP contribution in [0.5, 0.6) is 0 Å². The number of carbonyl (C=O) groups excluding carboxylic acids is 1. The molecule has 0 saturated carbocycles. The molecule has 164 valence electrons. The monoisotopic (exact) mass is 428 g/mol. The van der Waals surface area contributed by atoms with Gasteiger partial charge in [0.05, 0.1) is 22.8 Å². The number of likely N-dealkylation sites (tertiary alicyclic amines) is 1. The molecule has 0 spiro atoms. The SMILES string of the molecule is Cc1nccn1-c1cccc([C@H]2CCCN2C(=O)CCCn2c(C)nc3ccccc32)n1. The Hall–Kier alpha value is -3.48. The smallest absolute Gasteiger partial charge is 0.223 e. The van der Waals surface area contributed by atoms with E-state index in [1.165, 1.54) is 0 Å². The summed E-state index contributed by atoms with van der Waals surface area (Å²) in [6.45, 7) is 5.58. The quantitative estimate of drug-likeness (QED) is 0.457. The zero-order valence-electron chi connectivity index (χ0n) is 18.6. The van der Waals surface area contributed by atoms with Crippen LogP contribution in [0.15, 0.2) is 54.9 Å². The molecule has 1 saturated heterocycles. The van der Waals surface area contributed by atoms with Gasteiger partial charge in [0.2, 0.25) is 5.91 Å². The van der Waals surface area contributed by atoms with E-state index in [1.54, 1.807) is 6.20 Å². The number of nitrogens with zero attached hydrogens (tertiary/aromatic N) is 6. The van der Waals surface area contributed by atoms with Gasteiger partial charge in [-0.25, -0.2) is 15.0 Å². The van der Waals surface area contributed by atoms with E-state index in [4.69, 9.17) is 4.98 Å². The second kappa shape index (κ2) is 8.57. The molecule has 7 nitrogen and oxygen atoms in total. The van der Waals surface area contributed by atoms with E-state index in [0.29, 0.717) is 6.42 Å². The summed E-state index contributed by atoms with van der Waals surface area (Å²) in [5.41, 5.74) is 3.10. The van der Waals surface area contributed by atoms with E-state index in [1.807, 2.05) is 65.9 Å². The van der Waals surface area contributed by atoms with Crippen LogP contribution in [-0.4, -0.2) is 41.4 Å². The van der Waals surface area contributed by atoms with Gasteiger partial charge in [-0.15, -0.1) is 0 Å². The number of fused-ring (bicyclic) bond motifs is 1. The first-order valence-electron chi connectivity index (χ1n) is 11.3. The number of hydrogen-bond donors (Lipinski definition) is 0. The van der Waals surface area contributed by atoms with Crippen molar-refractivity contribution >= 4 is 16.9 Å². The predicted octanol–water partition coefficient (Wildman–Crippen LogP) is 4.38. The van der Waals surface area contributed by atoms with Crippen LogP contribution in [0.1, 0.15) is 49.1 Å². The Labute approximate surface area is 187 Å². The highest BCUT2D eigenvalue weighted by atomic mass is 16.2. The number of aryl methyl sites for hydroxylation is 3. The summed E-state index contributed by atoms with van der Waals surface area (Å²) in [6.07, 6.45) is 6.99. The van der Waals surface area contributed by atoms with Gasteiger partial charge in [-0.2, -0.15) is 0 Å². The van der Waals surface area contributed by atoms with E-state index in [9.17, 15) is 4.79 Å². The molecule has 1 aliphatic heterocycles. The molecule has 1 aromatic carbocycles. The molecule has 4 aromatic rings. The van der Waals surface area contributed by atoms with Crippen molar-refractivity contribution in [2.24, 2.45) is 0 Å². The van der Waals surface area contributed by atoms with E-state index in [-0.39, 0.29) is 11.9 Å². The van der Waals surface area contributed by atoms with E-state index >= 15 is 0 Å². The van der Waals surface area contributed by atoms with Gasteiger partial charge in [0, 0.05) is 31.9 Å². The fourth-order valence-electron chi connectivity index (χ4n) is 4.76. The van der Waals surface area contributed by atoms with Crippen molar-refractivity contribution in [3.05, 3.63) is 72.2 Å². The van der Waals surface area contributed by atoms with Crippen LogP contribution in [0.2, 0.25) is 0 Å². The minimum atomic E-state index is 0.0436. The lowest BCUT2D eigenvalue weighted by molar-refractivity contribution is -0.132. The first kappa shape index (κ1) is 20.4. The highest BCUT2D eigenvalue weighted by molar-refractivity contribution is 5.77. The van der Waals surface area contributed by atoms with Crippen molar-refractivity contribution in [3.63, 3.8) is 0 Å². The van der Waals surface area contributed by atoms with Crippen molar-refractivity contribution in [2.45, 2.75) is 52.1 Å². The molecule has 1 amide bonds. The maximum absolute atomic E-state index is 13.1. The molecule has 7 heteroatoms. The van der Waals surface area contributed by atoms with Crippen molar-refractivity contribution in [1.82, 2.24) is 29.0 Å². The Kier molecular flexibility index (Phi) is 5.47. The summed E-state index contributed by atoms with van der Waals surface area (Å²) < 4.78 is 4.19. The Morgan fingerprint density at radius 2 is 1.94 bits per heavy atom. The summed E-state index contributed by atoms with van der Waals surface area (Å²) in [5.74, 6) is 2.95. The standard InChI is InChI=1S/C25H28N6O/c1-18-26-14-17-30(18)24-12-5-9-21(28-24)23-11-6-16-31(23)25(32)13-7-15-29-19(2)27-20-8-3-4-10-22(20)29/h3-5,8-10,12,14,17,23H,6-7,11,13,15-16H2,1-2H3/t23-/m1/s1. The van der Waals surface area contributed by atoms with E-state index in [2.05, 4.69) is 20.6 Å². The maximum Gasteiger partial charge on any atom is 0.223 e. The van der Waals surface area contributed by atoms with E-state index < -0.39 is 0 Å². The van der Waals surface area contributed by atoms with Crippen LogP contribution in [0.25, 0.3) is 16.9 Å². The molecule has 4 heterocycles. The number of pyridine rings is 1. The van der Waals surface area contributed by atoms with Crippen LogP contribution in [0.4, 0.5) is 0 Å². The molecular formula is C25H28N6O. The third-order valence-electron chi connectivity index (χ3n) is 6.36. The summed E-state index contributed by atoms with van der Waals surface area (Å²) >= 11 is 0.